The van der Waals surface area contributed by atoms with Gasteiger partial charge in [0.1, 0.15) is 17.2 Å². The molecule has 2 aromatic rings. The minimum absolute atomic E-state index is 0.0768. The van der Waals surface area contributed by atoms with Gasteiger partial charge < -0.3 is 15.0 Å². The van der Waals surface area contributed by atoms with Crippen molar-refractivity contribution in [2.24, 2.45) is 0 Å². The summed E-state index contributed by atoms with van der Waals surface area (Å²) in [7, 11) is 0. The highest BCUT2D eigenvalue weighted by Gasteiger charge is 2.31. The molecule has 0 spiro atoms. The zero-order valence-corrected chi connectivity index (χ0v) is 12.1. The minimum atomic E-state index is -0.0768. The molecule has 0 aliphatic carbocycles. The van der Waals surface area contributed by atoms with E-state index in [4.69, 9.17) is 4.74 Å². The van der Waals surface area contributed by atoms with Gasteiger partial charge in [0.25, 0.3) is 0 Å². The van der Waals surface area contributed by atoms with Crippen molar-refractivity contribution in [1.29, 1.82) is 0 Å². The van der Waals surface area contributed by atoms with Crippen LogP contribution < -0.4 is 10.1 Å². The molecule has 0 fully saturated rings. The lowest BCUT2D eigenvalue weighted by Gasteiger charge is -2.18. The molecular weight excluding hydrogens is 250 g/mol. The van der Waals surface area contributed by atoms with Crippen LogP contribution in [0, 0.1) is 0 Å². The average Bonchev–Trinajstić information content (AvgIpc) is 3.00. The Morgan fingerprint density at radius 3 is 3.10 bits per heavy atom. The van der Waals surface area contributed by atoms with Crippen molar-refractivity contribution in [2.75, 3.05) is 6.54 Å². The fourth-order valence-electron chi connectivity index (χ4n) is 2.68. The predicted molar refractivity (Wildman–Crippen MR) is 78.9 cm³/mol. The lowest BCUT2D eigenvalue weighted by molar-refractivity contribution is 0.137. The number of ether oxygens (including phenoxy) is 1. The van der Waals surface area contributed by atoms with Crippen molar-refractivity contribution >= 4 is 0 Å². The fourth-order valence-corrected chi connectivity index (χ4v) is 2.68. The lowest BCUT2D eigenvalue weighted by atomic mass is 10.0. The Bertz CT molecular complexity index is 575. The normalized spacial score (nSPS) is 15.9. The topological polar surface area (TPSA) is 49.9 Å². The second-order valence-electron chi connectivity index (χ2n) is 5.91. The highest BCUT2D eigenvalue weighted by molar-refractivity contribution is 5.45. The molecule has 106 valence electrons. The molecule has 1 aromatic carbocycles. The standard InChI is InChI=1S/C16H21N3O/c1-16(2)10-12-4-3-5-13(15(12)20-16)11-17-7-6-14-18-8-9-19-14/h3-5,8-9,17H,6-7,10-11H2,1-2H3,(H,18,19). The third-order valence-corrected chi connectivity index (χ3v) is 3.58. The molecule has 1 aliphatic rings. The smallest absolute Gasteiger partial charge is 0.127 e. The molecule has 0 saturated carbocycles. The number of hydrogen-bond donors (Lipinski definition) is 2. The van der Waals surface area contributed by atoms with Crippen LogP contribution in [0.2, 0.25) is 0 Å². The number of nitrogens with zero attached hydrogens (tertiary/aromatic N) is 1. The third kappa shape index (κ3) is 2.85. The summed E-state index contributed by atoms with van der Waals surface area (Å²) >= 11 is 0. The summed E-state index contributed by atoms with van der Waals surface area (Å²) in [4.78, 5) is 7.33. The Morgan fingerprint density at radius 2 is 2.30 bits per heavy atom. The van der Waals surface area contributed by atoms with Gasteiger partial charge in [0.05, 0.1) is 0 Å². The molecule has 0 radical (unpaired) electrons. The van der Waals surface area contributed by atoms with Gasteiger partial charge in [-0.3, -0.25) is 0 Å². The quantitative estimate of drug-likeness (QED) is 0.821. The largest absolute Gasteiger partial charge is 0.487 e. The molecule has 2 N–H and O–H groups in total. The predicted octanol–water partition coefficient (Wildman–Crippen LogP) is 2.46. The van der Waals surface area contributed by atoms with E-state index in [9.17, 15) is 0 Å². The Morgan fingerprint density at radius 1 is 1.40 bits per heavy atom. The lowest BCUT2D eigenvalue weighted by Crippen LogP contribution is -2.25. The monoisotopic (exact) mass is 271 g/mol. The van der Waals surface area contributed by atoms with Crippen LogP contribution >= 0.6 is 0 Å². The summed E-state index contributed by atoms with van der Waals surface area (Å²) in [5, 5.41) is 3.46. The summed E-state index contributed by atoms with van der Waals surface area (Å²) in [6.07, 6.45) is 5.54. The van der Waals surface area contributed by atoms with Gasteiger partial charge in [-0.05, 0) is 19.4 Å². The number of aromatic nitrogens is 2. The van der Waals surface area contributed by atoms with Gasteiger partial charge in [-0.25, -0.2) is 4.98 Å². The molecule has 2 heterocycles. The molecule has 0 unspecified atom stereocenters. The average molecular weight is 271 g/mol. The van der Waals surface area contributed by atoms with Crippen LogP contribution in [0.25, 0.3) is 0 Å². The maximum absolute atomic E-state index is 6.07. The molecule has 1 aliphatic heterocycles. The SMILES string of the molecule is CC1(C)Cc2cccc(CNCCc3ncc[nH]3)c2O1. The summed E-state index contributed by atoms with van der Waals surface area (Å²) in [5.74, 6) is 2.09. The van der Waals surface area contributed by atoms with Crippen molar-refractivity contribution in [1.82, 2.24) is 15.3 Å². The van der Waals surface area contributed by atoms with E-state index in [0.717, 1.165) is 37.5 Å². The maximum Gasteiger partial charge on any atom is 0.127 e. The van der Waals surface area contributed by atoms with Gasteiger partial charge in [-0.15, -0.1) is 0 Å². The van der Waals surface area contributed by atoms with Crippen molar-refractivity contribution < 1.29 is 4.74 Å². The zero-order chi connectivity index (χ0) is 14.0. The van der Waals surface area contributed by atoms with E-state index in [-0.39, 0.29) is 5.60 Å². The molecule has 4 heteroatoms. The first-order chi connectivity index (χ1) is 9.64. The van der Waals surface area contributed by atoms with Crippen LogP contribution in [0.1, 0.15) is 30.8 Å². The van der Waals surface area contributed by atoms with Crippen molar-refractivity contribution in [3.8, 4) is 5.75 Å². The summed E-state index contributed by atoms with van der Waals surface area (Å²) < 4.78 is 6.07. The molecule has 4 nitrogen and oxygen atoms in total. The van der Waals surface area contributed by atoms with Gasteiger partial charge in [-0.1, -0.05) is 18.2 Å². The van der Waals surface area contributed by atoms with E-state index < -0.39 is 0 Å². The molecule has 0 saturated heterocycles. The summed E-state index contributed by atoms with van der Waals surface area (Å²) in [6, 6.07) is 6.42. The van der Waals surface area contributed by atoms with Gasteiger partial charge in [0.15, 0.2) is 0 Å². The van der Waals surface area contributed by atoms with Crippen LogP contribution in [0.5, 0.6) is 5.75 Å². The molecular formula is C16H21N3O. The number of aromatic amines is 1. The first-order valence-electron chi connectivity index (χ1n) is 7.13. The van der Waals surface area contributed by atoms with Crippen molar-refractivity contribution in [2.45, 2.75) is 38.8 Å². The molecule has 1 aromatic heterocycles. The molecule has 0 atom stereocenters. The summed E-state index contributed by atoms with van der Waals surface area (Å²) in [6.45, 7) is 6.02. The molecule has 3 rings (SSSR count). The second kappa shape index (κ2) is 5.29. The first-order valence-corrected chi connectivity index (χ1v) is 7.13. The number of benzene rings is 1. The number of rotatable bonds is 5. The molecule has 20 heavy (non-hydrogen) atoms. The van der Waals surface area contributed by atoms with Crippen LogP contribution in [0.4, 0.5) is 0 Å². The second-order valence-corrected chi connectivity index (χ2v) is 5.91. The van der Waals surface area contributed by atoms with Crippen molar-refractivity contribution in [3.05, 3.63) is 47.5 Å². The van der Waals surface area contributed by atoms with Gasteiger partial charge in [0, 0.05) is 43.9 Å². The number of H-pyrrole nitrogens is 1. The molecule has 0 bridgehead atoms. The molecule has 0 amide bonds. The zero-order valence-electron chi connectivity index (χ0n) is 12.1. The van der Waals surface area contributed by atoms with Gasteiger partial charge in [0.2, 0.25) is 0 Å². The van der Waals surface area contributed by atoms with E-state index in [2.05, 4.69) is 47.3 Å². The Labute approximate surface area is 119 Å². The van der Waals surface area contributed by atoms with Gasteiger partial charge >= 0.3 is 0 Å². The van der Waals surface area contributed by atoms with Gasteiger partial charge in [-0.2, -0.15) is 0 Å². The maximum atomic E-state index is 6.07. The van der Waals surface area contributed by atoms with Crippen LogP contribution in [0.15, 0.2) is 30.6 Å². The van der Waals surface area contributed by atoms with E-state index in [1.54, 1.807) is 6.20 Å². The number of nitrogens with one attached hydrogen (secondary N) is 2. The highest BCUT2D eigenvalue weighted by atomic mass is 16.5. The highest BCUT2D eigenvalue weighted by Crippen LogP contribution is 2.37. The van der Waals surface area contributed by atoms with Crippen LogP contribution in [0.3, 0.4) is 0 Å². The summed E-state index contributed by atoms with van der Waals surface area (Å²) in [5.41, 5.74) is 2.49. The third-order valence-electron chi connectivity index (χ3n) is 3.58. The number of fused-ring (bicyclic) bond motifs is 1. The van der Waals surface area contributed by atoms with Crippen LogP contribution in [-0.2, 0) is 19.4 Å². The Hall–Kier alpha value is -1.81. The van der Waals surface area contributed by atoms with E-state index in [1.807, 2.05) is 6.20 Å². The number of para-hydroxylation sites is 1. The number of imidazole rings is 1. The Balaban J connectivity index is 1.58. The van der Waals surface area contributed by atoms with E-state index >= 15 is 0 Å². The van der Waals surface area contributed by atoms with Crippen molar-refractivity contribution in [3.63, 3.8) is 0 Å². The fraction of sp³-hybridized carbons (Fsp3) is 0.438. The first kappa shape index (κ1) is 13.2. The van der Waals surface area contributed by atoms with E-state index in [0.29, 0.717) is 0 Å². The number of hydrogen-bond acceptors (Lipinski definition) is 3. The Kier molecular flexibility index (Phi) is 3.49. The van der Waals surface area contributed by atoms with Crippen LogP contribution in [-0.4, -0.2) is 22.1 Å². The van der Waals surface area contributed by atoms with E-state index in [1.165, 1.54) is 11.1 Å². The minimum Gasteiger partial charge on any atom is -0.487 e.